The maximum atomic E-state index is 4.45. The second-order valence-electron chi connectivity index (χ2n) is 6.05. The van der Waals surface area contributed by atoms with E-state index in [9.17, 15) is 0 Å². The molecule has 2 aromatic carbocycles. The number of benzene rings is 2. The third-order valence-electron chi connectivity index (χ3n) is 4.39. The number of aryl methyl sites for hydroxylation is 1. The van der Waals surface area contributed by atoms with Gasteiger partial charge in [0.15, 0.2) is 0 Å². The quantitative estimate of drug-likeness (QED) is 0.458. The smallest absolute Gasteiger partial charge is 0.126 e. The summed E-state index contributed by atoms with van der Waals surface area (Å²) in [5.41, 5.74) is 4.77. The Labute approximate surface area is 155 Å². The van der Waals surface area contributed by atoms with Crippen molar-refractivity contribution in [1.82, 2.24) is 9.97 Å². The fourth-order valence-electron chi connectivity index (χ4n) is 3.24. The van der Waals surface area contributed by atoms with Crippen LogP contribution in [0.15, 0.2) is 77.4 Å². The maximum absolute atomic E-state index is 4.45. The average molecular weight is 392 g/mol. The molecule has 0 aliphatic heterocycles. The number of pyridine rings is 1. The lowest BCUT2D eigenvalue weighted by molar-refractivity contribution is 0.921. The molecule has 0 saturated carbocycles. The average Bonchev–Trinajstić information content (AvgIpc) is 2.97. The van der Waals surface area contributed by atoms with E-state index in [-0.39, 0.29) is 6.04 Å². The van der Waals surface area contributed by atoms with E-state index in [4.69, 9.17) is 0 Å². The van der Waals surface area contributed by atoms with Gasteiger partial charge in [0.1, 0.15) is 5.82 Å². The number of nitrogens with one attached hydrogen (secondary N) is 2. The number of aromatic nitrogens is 2. The van der Waals surface area contributed by atoms with Crippen LogP contribution in [0.25, 0.3) is 10.9 Å². The summed E-state index contributed by atoms with van der Waals surface area (Å²) >= 11 is 3.53. The number of para-hydroxylation sites is 1. The lowest BCUT2D eigenvalue weighted by Crippen LogP contribution is -2.14. The highest BCUT2D eigenvalue weighted by molar-refractivity contribution is 9.10. The fourth-order valence-corrected chi connectivity index (χ4v) is 3.51. The van der Waals surface area contributed by atoms with Gasteiger partial charge in [-0.1, -0.05) is 52.3 Å². The summed E-state index contributed by atoms with van der Waals surface area (Å²) in [7, 11) is 0. The van der Waals surface area contributed by atoms with Crippen LogP contribution in [0.5, 0.6) is 0 Å². The van der Waals surface area contributed by atoms with Crippen LogP contribution in [0.4, 0.5) is 5.82 Å². The number of fused-ring (bicyclic) bond motifs is 1. The van der Waals surface area contributed by atoms with Crippen molar-refractivity contribution in [1.29, 1.82) is 0 Å². The predicted octanol–water partition coefficient (Wildman–Crippen LogP) is 5.84. The van der Waals surface area contributed by atoms with Crippen LogP contribution in [0.1, 0.15) is 22.9 Å². The lowest BCUT2D eigenvalue weighted by Gasteiger charge is -2.21. The van der Waals surface area contributed by atoms with Crippen molar-refractivity contribution in [3.05, 3.63) is 94.2 Å². The van der Waals surface area contributed by atoms with Gasteiger partial charge in [0.25, 0.3) is 0 Å². The normalized spacial score (nSPS) is 12.2. The van der Waals surface area contributed by atoms with E-state index in [0.717, 1.165) is 21.5 Å². The fraction of sp³-hybridized carbons (Fsp3) is 0.0952. The van der Waals surface area contributed by atoms with E-state index in [1.807, 2.05) is 24.4 Å². The van der Waals surface area contributed by atoms with E-state index >= 15 is 0 Å². The van der Waals surface area contributed by atoms with Crippen molar-refractivity contribution in [2.24, 2.45) is 0 Å². The van der Waals surface area contributed by atoms with Gasteiger partial charge in [-0.3, -0.25) is 0 Å². The van der Waals surface area contributed by atoms with Gasteiger partial charge in [-0.25, -0.2) is 4.98 Å². The molecule has 1 atom stereocenters. The second-order valence-corrected chi connectivity index (χ2v) is 6.97. The molecule has 2 heterocycles. The van der Waals surface area contributed by atoms with Crippen LogP contribution in [0.3, 0.4) is 0 Å². The molecule has 0 unspecified atom stereocenters. The number of halogens is 1. The molecule has 0 aliphatic carbocycles. The monoisotopic (exact) mass is 391 g/mol. The zero-order chi connectivity index (χ0) is 17.2. The van der Waals surface area contributed by atoms with Gasteiger partial charge in [-0.05, 0) is 42.8 Å². The first-order valence-electron chi connectivity index (χ1n) is 8.22. The summed E-state index contributed by atoms with van der Waals surface area (Å²) in [6.45, 7) is 2.13. The highest BCUT2D eigenvalue weighted by atomic mass is 79.9. The van der Waals surface area contributed by atoms with E-state index in [2.05, 4.69) is 86.7 Å². The molecule has 0 aliphatic rings. The highest BCUT2D eigenvalue weighted by Gasteiger charge is 2.21. The van der Waals surface area contributed by atoms with Gasteiger partial charge in [-0.15, -0.1) is 0 Å². The summed E-state index contributed by atoms with van der Waals surface area (Å²) in [5, 5.41) is 4.84. The summed E-state index contributed by atoms with van der Waals surface area (Å²) in [6.07, 6.45) is 1.81. The zero-order valence-corrected chi connectivity index (χ0v) is 15.4. The van der Waals surface area contributed by atoms with Crippen molar-refractivity contribution in [3.63, 3.8) is 0 Å². The third-order valence-corrected chi connectivity index (χ3v) is 4.92. The largest absolute Gasteiger partial charge is 0.359 e. The summed E-state index contributed by atoms with van der Waals surface area (Å²) in [4.78, 5) is 7.96. The van der Waals surface area contributed by atoms with Crippen molar-refractivity contribution >= 4 is 32.7 Å². The maximum Gasteiger partial charge on any atom is 0.126 e. The molecule has 2 aromatic heterocycles. The molecular weight excluding hydrogens is 374 g/mol. The Morgan fingerprint density at radius 2 is 1.72 bits per heavy atom. The first-order chi connectivity index (χ1) is 12.2. The van der Waals surface area contributed by atoms with E-state index in [0.29, 0.717) is 0 Å². The van der Waals surface area contributed by atoms with Gasteiger partial charge in [0, 0.05) is 32.8 Å². The Morgan fingerprint density at radius 3 is 2.48 bits per heavy atom. The molecule has 0 saturated heterocycles. The SMILES string of the molecule is Cc1[nH]c2ccccc2c1[C@@H](Nc1ccccn1)c1ccc(Br)cc1. The molecular formula is C21H18BrN3. The minimum absolute atomic E-state index is 0.0131. The number of anilines is 1. The number of nitrogens with zero attached hydrogens (tertiary/aromatic N) is 1. The number of hydrogen-bond donors (Lipinski definition) is 2. The lowest BCUT2D eigenvalue weighted by atomic mass is 9.96. The molecule has 4 heteroatoms. The number of aromatic amines is 1. The number of hydrogen-bond acceptors (Lipinski definition) is 2. The molecule has 25 heavy (non-hydrogen) atoms. The van der Waals surface area contributed by atoms with E-state index < -0.39 is 0 Å². The molecule has 2 N–H and O–H groups in total. The Balaban J connectivity index is 1.87. The van der Waals surface area contributed by atoms with Crippen molar-refractivity contribution in [3.8, 4) is 0 Å². The third kappa shape index (κ3) is 3.17. The van der Waals surface area contributed by atoms with E-state index in [1.54, 1.807) is 0 Å². The van der Waals surface area contributed by atoms with Gasteiger partial charge in [0.2, 0.25) is 0 Å². The van der Waals surface area contributed by atoms with Crippen LogP contribution in [-0.2, 0) is 0 Å². The van der Waals surface area contributed by atoms with E-state index in [1.165, 1.54) is 16.5 Å². The van der Waals surface area contributed by atoms with Crippen LogP contribution < -0.4 is 5.32 Å². The molecule has 124 valence electrons. The number of rotatable bonds is 4. The van der Waals surface area contributed by atoms with Crippen molar-refractivity contribution in [2.75, 3.05) is 5.32 Å². The summed E-state index contributed by atoms with van der Waals surface area (Å²) in [5.74, 6) is 0.861. The molecule has 0 radical (unpaired) electrons. The Kier molecular flexibility index (Phi) is 4.28. The summed E-state index contributed by atoms with van der Waals surface area (Å²) in [6, 6.07) is 22.8. The minimum atomic E-state index is 0.0131. The molecule has 0 amide bonds. The van der Waals surface area contributed by atoms with Gasteiger partial charge in [0.05, 0.1) is 6.04 Å². The predicted molar refractivity (Wildman–Crippen MR) is 107 cm³/mol. The van der Waals surface area contributed by atoms with Crippen molar-refractivity contribution < 1.29 is 0 Å². The topological polar surface area (TPSA) is 40.7 Å². The molecule has 4 rings (SSSR count). The number of H-pyrrole nitrogens is 1. The minimum Gasteiger partial charge on any atom is -0.359 e. The summed E-state index contributed by atoms with van der Waals surface area (Å²) < 4.78 is 1.07. The Hall–Kier alpha value is -2.59. The Bertz CT molecular complexity index is 991. The van der Waals surface area contributed by atoms with Crippen LogP contribution >= 0.6 is 15.9 Å². The van der Waals surface area contributed by atoms with Crippen LogP contribution in [0.2, 0.25) is 0 Å². The first-order valence-corrected chi connectivity index (χ1v) is 9.02. The molecule has 0 fully saturated rings. The molecule has 0 bridgehead atoms. The zero-order valence-electron chi connectivity index (χ0n) is 13.8. The Morgan fingerprint density at radius 1 is 0.960 bits per heavy atom. The van der Waals surface area contributed by atoms with Gasteiger partial charge in [-0.2, -0.15) is 0 Å². The second kappa shape index (κ2) is 6.73. The van der Waals surface area contributed by atoms with Gasteiger partial charge < -0.3 is 10.3 Å². The molecule has 0 spiro atoms. The standard InChI is InChI=1S/C21H18BrN3/c1-14-20(17-6-2-3-7-18(17)24-14)21(15-9-11-16(22)12-10-15)25-19-8-4-5-13-23-19/h2-13,21,24H,1H3,(H,23,25)/t21-/m0/s1. The van der Waals surface area contributed by atoms with Gasteiger partial charge >= 0.3 is 0 Å². The highest BCUT2D eigenvalue weighted by Crippen LogP contribution is 2.34. The first kappa shape index (κ1) is 15.9. The van der Waals surface area contributed by atoms with Crippen molar-refractivity contribution in [2.45, 2.75) is 13.0 Å². The molecule has 3 nitrogen and oxygen atoms in total. The van der Waals surface area contributed by atoms with Crippen LogP contribution in [0, 0.1) is 6.92 Å². The molecule has 4 aromatic rings. The van der Waals surface area contributed by atoms with Crippen LogP contribution in [-0.4, -0.2) is 9.97 Å².